The van der Waals surface area contributed by atoms with Crippen LogP contribution in [0.5, 0.6) is 0 Å². The van der Waals surface area contributed by atoms with E-state index in [2.05, 4.69) is 38.5 Å². The van der Waals surface area contributed by atoms with Crippen LogP contribution >= 0.6 is 12.2 Å². The van der Waals surface area contributed by atoms with Crippen LogP contribution < -0.4 is 15.5 Å². The zero-order valence-electron chi connectivity index (χ0n) is 18.9. The van der Waals surface area contributed by atoms with Crippen LogP contribution in [0, 0.1) is 0 Å². The number of amides is 1. The molecule has 2 aromatic carbocycles. The van der Waals surface area contributed by atoms with Crippen molar-refractivity contribution in [2.24, 2.45) is 0 Å². The van der Waals surface area contributed by atoms with Gasteiger partial charge in [-0.2, -0.15) is 4.31 Å². The predicted molar refractivity (Wildman–Crippen MR) is 131 cm³/mol. The normalized spacial score (nSPS) is 15.9. The van der Waals surface area contributed by atoms with Crippen molar-refractivity contribution in [3.8, 4) is 0 Å². The average molecular weight is 476 g/mol. The first-order valence-electron chi connectivity index (χ1n) is 10.6. The number of rotatable bonds is 4. The highest BCUT2D eigenvalue weighted by Crippen LogP contribution is 2.22. The van der Waals surface area contributed by atoms with E-state index in [1.54, 1.807) is 36.4 Å². The lowest BCUT2D eigenvalue weighted by Crippen LogP contribution is -3.12. The number of benzene rings is 2. The lowest BCUT2D eigenvalue weighted by atomic mass is 9.87. The molecule has 0 saturated carbocycles. The standard InChI is InChI=1S/C23H30N4O3S2/c1-23(2,3)18-7-5-17(6-8-18)21(28)25-22(31)24-19-9-11-20(12-10-19)32(29,30)27-15-13-26(4)14-16-27/h5-12H,13-16H2,1-4H3,(H2,24,25,28,31)/p+1. The highest BCUT2D eigenvalue weighted by Gasteiger charge is 2.29. The van der Waals surface area contributed by atoms with Gasteiger partial charge in [0, 0.05) is 11.3 Å². The number of anilines is 1. The van der Waals surface area contributed by atoms with Crippen molar-refractivity contribution in [3.63, 3.8) is 0 Å². The van der Waals surface area contributed by atoms with Gasteiger partial charge in [0.1, 0.15) is 0 Å². The van der Waals surface area contributed by atoms with E-state index in [0.29, 0.717) is 24.3 Å². The van der Waals surface area contributed by atoms with Crippen LogP contribution in [0.2, 0.25) is 0 Å². The number of quaternary nitrogens is 1. The van der Waals surface area contributed by atoms with E-state index in [1.807, 2.05) is 12.1 Å². The van der Waals surface area contributed by atoms with Crippen molar-refractivity contribution in [3.05, 3.63) is 59.7 Å². The summed E-state index contributed by atoms with van der Waals surface area (Å²) in [4.78, 5) is 14.0. The van der Waals surface area contributed by atoms with Gasteiger partial charge in [0.2, 0.25) is 10.0 Å². The van der Waals surface area contributed by atoms with Gasteiger partial charge in [0.05, 0.1) is 38.1 Å². The fraction of sp³-hybridized carbons (Fsp3) is 0.391. The van der Waals surface area contributed by atoms with Gasteiger partial charge in [-0.15, -0.1) is 0 Å². The van der Waals surface area contributed by atoms with Gasteiger partial charge in [0.15, 0.2) is 5.11 Å². The quantitative estimate of drug-likeness (QED) is 0.586. The summed E-state index contributed by atoms with van der Waals surface area (Å²) in [6.45, 7) is 8.97. The summed E-state index contributed by atoms with van der Waals surface area (Å²) in [5.41, 5.74) is 2.26. The molecule has 1 heterocycles. The summed E-state index contributed by atoms with van der Waals surface area (Å²) in [5.74, 6) is -0.306. The molecule has 32 heavy (non-hydrogen) atoms. The van der Waals surface area contributed by atoms with E-state index >= 15 is 0 Å². The molecule has 3 N–H and O–H groups in total. The Kier molecular flexibility index (Phi) is 7.34. The van der Waals surface area contributed by atoms with Crippen molar-refractivity contribution in [2.75, 3.05) is 38.5 Å². The average Bonchev–Trinajstić information content (AvgIpc) is 2.74. The Morgan fingerprint density at radius 1 is 1.00 bits per heavy atom. The van der Waals surface area contributed by atoms with E-state index in [4.69, 9.17) is 12.2 Å². The van der Waals surface area contributed by atoms with Crippen LogP contribution in [0.25, 0.3) is 0 Å². The number of carbonyl (C=O) groups excluding carboxylic acids is 1. The molecule has 0 aliphatic carbocycles. The molecule has 7 nitrogen and oxygen atoms in total. The maximum Gasteiger partial charge on any atom is 0.257 e. The minimum atomic E-state index is -3.51. The third-order valence-electron chi connectivity index (χ3n) is 5.57. The predicted octanol–water partition coefficient (Wildman–Crippen LogP) is 1.63. The zero-order chi connectivity index (χ0) is 23.5. The van der Waals surface area contributed by atoms with Crippen molar-refractivity contribution in [2.45, 2.75) is 31.1 Å². The van der Waals surface area contributed by atoms with Crippen LogP contribution in [0.1, 0.15) is 36.7 Å². The molecule has 1 fully saturated rings. The highest BCUT2D eigenvalue weighted by molar-refractivity contribution is 7.89. The van der Waals surface area contributed by atoms with Crippen LogP contribution in [-0.4, -0.2) is 57.0 Å². The van der Waals surface area contributed by atoms with Gasteiger partial charge in [-0.3, -0.25) is 10.1 Å². The number of sulfonamides is 1. The van der Waals surface area contributed by atoms with Gasteiger partial charge in [0.25, 0.3) is 5.91 Å². The van der Waals surface area contributed by atoms with E-state index in [9.17, 15) is 13.2 Å². The summed E-state index contributed by atoms with van der Waals surface area (Å²) in [7, 11) is -1.45. The summed E-state index contributed by atoms with van der Waals surface area (Å²) in [6.07, 6.45) is 0. The number of likely N-dealkylation sites (N-methyl/N-ethyl adjacent to an activating group) is 1. The monoisotopic (exact) mass is 475 g/mol. The van der Waals surface area contributed by atoms with Crippen LogP contribution in [0.15, 0.2) is 53.4 Å². The molecule has 0 atom stereocenters. The Morgan fingerprint density at radius 3 is 2.09 bits per heavy atom. The molecule has 0 radical (unpaired) electrons. The summed E-state index contributed by atoms with van der Waals surface area (Å²) in [5, 5.41) is 5.73. The van der Waals surface area contributed by atoms with Crippen molar-refractivity contribution < 1.29 is 18.1 Å². The molecule has 3 rings (SSSR count). The molecule has 1 amide bonds. The number of piperazine rings is 1. The van der Waals surface area contributed by atoms with Gasteiger partial charge in [-0.1, -0.05) is 32.9 Å². The Hall–Kier alpha value is -2.33. The highest BCUT2D eigenvalue weighted by atomic mass is 32.2. The number of nitrogens with zero attached hydrogens (tertiary/aromatic N) is 1. The molecule has 0 bridgehead atoms. The third kappa shape index (κ3) is 5.92. The maximum absolute atomic E-state index is 12.8. The molecule has 2 aromatic rings. The van der Waals surface area contributed by atoms with Gasteiger partial charge in [-0.25, -0.2) is 8.42 Å². The Morgan fingerprint density at radius 2 is 1.56 bits per heavy atom. The second kappa shape index (κ2) is 9.66. The Balaban J connectivity index is 1.59. The maximum atomic E-state index is 12.8. The summed E-state index contributed by atoms with van der Waals surface area (Å²) >= 11 is 5.25. The molecule has 9 heteroatoms. The molecular weight excluding hydrogens is 444 g/mol. The number of nitrogens with one attached hydrogen (secondary N) is 3. The first-order chi connectivity index (χ1) is 15.0. The van der Waals surface area contributed by atoms with Crippen molar-refractivity contribution >= 4 is 38.9 Å². The van der Waals surface area contributed by atoms with Crippen molar-refractivity contribution in [1.82, 2.24) is 9.62 Å². The summed E-state index contributed by atoms with van der Waals surface area (Å²) in [6, 6.07) is 13.8. The van der Waals surface area contributed by atoms with Crippen LogP contribution in [0.4, 0.5) is 5.69 Å². The Labute approximate surface area is 195 Å². The second-order valence-electron chi connectivity index (χ2n) is 9.12. The fourth-order valence-corrected chi connectivity index (χ4v) is 5.08. The van der Waals surface area contributed by atoms with E-state index in [-0.39, 0.29) is 21.3 Å². The second-order valence-corrected chi connectivity index (χ2v) is 11.5. The zero-order valence-corrected chi connectivity index (χ0v) is 20.6. The molecule has 0 aromatic heterocycles. The topological polar surface area (TPSA) is 82.9 Å². The largest absolute Gasteiger partial charge is 0.335 e. The first kappa shape index (κ1) is 24.3. The van der Waals surface area contributed by atoms with Crippen LogP contribution in [0.3, 0.4) is 0 Å². The van der Waals surface area contributed by atoms with Crippen LogP contribution in [-0.2, 0) is 15.4 Å². The SMILES string of the molecule is C[NH+]1CCN(S(=O)(=O)c2ccc(NC(=S)NC(=O)c3ccc(C(C)(C)C)cc3)cc2)CC1. The molecule has 1 aliphatic heterocycles. The minimum absolute atomic E-state index is 0.0108. The van der Waals surface area contributed by atoms with Gasteiger partial charge in [-0.05, 0) is 59.6 Å². The Bertz CT molecular complexity index is 1070. The number of hydrogen-bond acceptors (Lipinski definition) is 4. The summed E-state index contributed by atoms with van der Waals surface area (Å²) < 4.78 is 27.2. The van der Waals surface area contributed by atoms with E-state index in [0.717, 1.165) is 18.7 Å². The van der Waals surface area contributed by atoms with Gasteiger partial charge >= 0.3 is 0 Å². The minimum Gasteiger partial charge on any atom is -0.335 e. The molecule has 172 valence electrons. The smallest absolute Gasteiger partial charge is 0.257 e. The fourth-order valence-electron chi connectivity index (χ4n) is 3.43. The molecule has 1 aliphatic rings. The number of hydrogen-bond donors (Lipinski definition) is 3. The van der Waals surface area contributed by atoms with Gasteiger partial charge < -0.3 is 10.2 Å². The van der Waals surface area contributed by atoms with E-state index in [1.165, 1.54) is 9.21 Å². The van der Waals surface area contributed by atoms with Crippen molar-refractivity contribution in [1.29, 1.82) is 0 Å². The third-order valence-corrected chi connectivity index (χ3v) is 7.68. The number of thiocarbonyl (C=S) groups is 1. The molecule has 1 saturated heterocycles. The number of carbonyl (C=O) groups is 1. The molecule has 0 unspecified atom stereocenters. The lowest BCUT2D eigenvalue weighted by molar-refractivity contribution is -0.883. The lowest BCUT2D eigenvalue weighted by Gasteiger charge is -2.29. The molecule has 0 spiro atoms. The molecular formula is C23H31N4O3S2+. The van der Waals surface area contributed by atoms with E-state index < -0.39 is 10.0 Å². The first-order valence-corrected chi connectivity index (χ1v) is 12.5.